The highest BCUT2D eigenvalue weighted by Crippen LogP contribution is 2.27. The van der Waals surface area contributed by atoms with Gasteiger partial charge in [-0.25, -0.2) is 0 Å². The van der Waals surface area contributed by atoms with E-state index in [0.29, 0.717) is 6.42 Å². The average Bonchev–Trinajstić information content (AvgIpc) is 2.86. The van der Waals surface area contributed by atoms with E-state index in [-0.39, 0.29) is 5.91 Å². The summed E-state index contributed by atoms with van der Waals surface area (Å²) in [4.78, 5) is 16.3. The molecule has 0 aliphatic carbocycles. The number of fused-ring (bicyclic) bond motifs is 1. The Hall–Kier alpha value is -1.39. The van der Waals surface area contributed by atoms with Crippen LogP contribution in [0.4, 0.5) is 5.69 Å². The zero-order chi connectivity index (χ0) is 14.4. The minimum Gasteiger partial charge on any atom is -0.316 e. The number of hydrogen-bond acceptors (Lipinski definition) is 3. The van der Waals surface area contributed by atoms with Crippen molar-refractivity contribution in [3.63, 3.8) is 0 Å². The lowest BCUT2D eigenvalue weighted by molar-refractivity contribution is -0.118. The number of hydrogen-bond donors (Lipinski definition) is 1. The summed E-state index contributed by atoms with van der Waals surface area (Å²) in [5.41, 5.74) is 2.39. The van der Waals surface area contributed by atoms with Crippen LogP contribution in [0.2, 0.25) is 0 Å². The van der Waals surface area contributed by atoms with Gasteiger partial charge in [-0.15, -0.1) is 0 Å². The fourth-order valence-corrected chi connectivity index (χ4v) is 2.57. The summed E-state index contributed by atoms with van der Waals surface area (Å²) < 4.78 is 0. The quantitative estimate of drug-likeness (QED) is 0.766. The summed E-state index contributed by atoms with van der Waals surface area (Å²) in [6.07, 6.45) is 2.68. The molecular formula is C16H25N3O. The zero-order valence-electron chi connectivity index (χ0n) is 12.6. The lowest BCUT2D eigenvalue weighted by atomic mass is 10.2. The molecule has 1 amide bonds. The fourth-order valence-electron chi connectivity index (χ4n) is 2.57. The number of nitrogens with one attached hydrogen (secondary N) is 1. The van der Waals surface area contributed by atoms with Crippen LogP contribution in [0.25, 0.3) is 0 Å². The number of para-hydroxylation sites is 1. The zero-order valence-corrected chi connectivity index (χ0v) is 12.6. The van der Waals surface area contributed by atoms with Crippen LogP contribution in [0.1, 0.15) is 18.4 Å². The Morgan fingerprint density at radius 3 is 2.90 bits per heavy atom. The molecule has 1 aliphatic rings. The lowest BCUT2D eigenvalue weighted by Crippen LogP contribution is -2.32. The van der Waals surface area contributed by atoms with E-state index in [1.807, 2.05) is 23.1 Å². The van der Waals surface area contributed by atoms with Crippen molar-refractivity contribution < 1.29 is 4.79 Å². The van der Waals surface area contributed by atoms with E-state index >= 15 is 0 Å². The van der Waals surface area contributed by atoms with Crippen LogP contribution in [0.3, 0.4) is 0 Å². The van der Waals surface area contributed by atoms with Gasteiger partial charge in [0.15, 0.2) is 0 Å². The molecule has 2 rings (SSSR count). The number of amides is 1. The van der Waals surface area contributed by atoms with Crippen molar-refractivity contribution in [3.8, 4) is 0 Å². The van der Waals surface area contributed by atoms with Gasteiger partial charge in [0.2, 0.25) is 5.91 Å². The van der Waals surface area contributed by atoms with Gasteiger partial charge in [0.1, 0.15) is 0 Å². The Morgan fingerprint density at radius 1 is 1.30 bits per heavy atom. The second kappa shape index (κ2) is 7.41. The molecule has 0 aromatic heterocycles. The average molecular weight is 275 g/mol. The van der Waals surface area contributed by atoms with Gasteiger partial charge in [0.25, 0.3) is 0 Å². The van der Waals surface area contributed by atoms with E-state index in [1.54, 1.807) is 0 Å². The number of anilines is 1. The van der Waals surface area contributed by atoms with Crippen LogP contribution >= 0.6 is 0 Å². The van der Waals surface area contributed by atoms with Crippen LogP contribution in [0.15, 0.2) is 24.3 Å². The second-order valence-corrected chi connectivity index (χ2v) is 5.58. The third-order valence-electron chi connectivity index (χ3n) is 3.66. The van der Waals surface area contributed by atoms with Crippen LogP contribution in [0, 0.1) is 0 Å². The Balaban J connectivity index is 1.69. The van der Waals surface area contributed by atoms with Crippen LogP contribution < -0.4 is 10.2 Å². The van der Waals surface area contributed by atoms with E-state index in [0.717, 1.165) is 44.7 Å². The molecule has 1 aliphatic heterocycles. The molecule has 0 saturated carbocycles. The molecule has 0 unspecified atom stereocenters. The first-order chi connectivity index (χ1) is 9.68. The van der Waals surface area contributed by atoms with Crippen molar-refractivity contribution in [1.29, 1.82) is 0 Å². The van der Waals surface area contributed by atoms with E-state index in [1.165, 1.54) is 5.56 Å². The van der Waals surface area contributed by atoms with Crippen molar-refractivity contribution in [2.45, 2.75) is 19.3 Å². The molecule has 1 aromatic carbocycles. The third-order valence-corrected chi connectivity index (χ3v) is 3.66. The molecule has 0 atom stereocenters. The Kier molecular flexibility index (Phi) is 5.56. The van der Waals surface area contributed by atoms with Gasteiger partial charge in [-0.3, -0.25) is 4.79 Å². The lowest BCUT2D eigenvalue weighted by Gasteiger charge is -2.17. The summed E-state index contributed by atoms with van der Waals surface area (Å²) in [6, 6.07) is 8.20. The van der Waals surface area contributed by atoms with Crippen molar-refractivity contribution in [2.75, 3.05) is 45.2 Å². The van der Waals surface area contributed by atoms with E-state index in [4.69, 9.17) is 0 Å². The summed E-state index contributed by atoms with van der Waals surface area (Å²) in [6.45, 7) is 3.66. The molecule has 0 saturated heterocycles. The number of benzene rings is 1. The number of nitrogens with zero attached hydrogens (tertiary/aromatic N) is 2. The molecule has 0 fully saturated rings. The number of rotatable bonds is 7. The third kappa shape index (κ3) is 4.05. The molecular weight excluding hydrogens is 250 g/mol. The Bertz CT molecular complexity index is 445. The Labute approximate surface area is 121 Å². The highest BCUT2D eigenvalue weighted by molar-refractivity contribution is 5.95. The van der Waals surface area contributed by atoms with Gasteiger partial charge in [0, 0.05) is 25.2 Å². The fraction of sp³-hybridized carbons (Fsp3) is 0.562. The van der Waals surface area contributed by atoms with Crippen molar-refractivity contribution in [2.24, 2.45) is 0 Å². The van der Waals surface area contributed by atoms with E-state index in [2.05, 4.69) is 30.4 Å². The van der Waals surface area contributed by atoms with Gasteiger partial charge >= 0.3 is 0 Å². The van der Waals surface area contributed by atoms with Gasteiger partial charge in [-0.1, -0.05) is 18.2 Å². The molecule has 0 bridgehead atoms. The van der Waals surface area contributed by atoms with Crippen molar-refractivity contribution in [1.82, 2.24) is 10.2 Å². The summed E-state index contributed by atoms with van der Waals surface area (Å²) in [5, 5.41) is 3.34. The first-order valence-corrected chi connectivity index (χ1v) is 7.42. The highest BCUT2D eigenvalue weighted by Gasteiger charge is 2.23. The SMILES string of the molecule is CN(C)CCCNCCC(=O)N1CCc2ccccc21. The van der Waals surface area contributed by atoms with Crippen LogP contribution in [-0.4, -0.2) is 51.1 Å². The molecule has 0 spiro atoms. The first-order valence-electron chi connectivity index (χ1n) is 7.42. The topological polar surface area (TPSA) is 35.6 Å². The van der Waals surface area contributed by atoms with Crippen LogP contribution in [-0.2, 0) is 11.2 Å². The molecule has 4 nitrogen and oxygen atoms in total. The first kappa shape index (κ1) is 15.0. The maximum Gasteiger partial charge on any atom is 0.228 e. The molecule has 20 heavy (non-hydrogen) atoms. The van der Waals surface area contributed by atoms with E-state index in [9.17, 15) is 4.79 Å². The Morgan fingerprint density at radius 2 is 2.10 bits per heavy atom. The highest BCUT2D eigenvalue weighted by atomic mass is 16.2. The molecule has 0 radical (unpaired) electrons. The standard InChI is InChI=1S/C16H25N3O/c1-18(2)12-5-10-17-11-8-16(20)19-13-9-14-6-3-4-7-15(14)19/h3-4,6-7,17H,5,8-13H2,1-2H3. The summed E-state index contributed by atoms with van der Waals surface area (Å²) in [7, 11) is 4.16. The summed E-state index contributed by atoms with van der Waals surface area (Å²) in [5.74, 6) is 0.232. The smallest absolute Gasteiger partial charge is 0.228 e. The van der Waals surface area contributed by atoms with Gasteiger partial charge in [-0.05, 0) is 51.7 Å². The van der Waals surface area contributed by atoms with Crippen molar-refractivity contribution >= 4 is 11.6 Å². The predicted molar refractivity (Wildman–Crippen MR) is 83.2 cm³/mol. The van der Waals surface area contributed by atoms with Crippen molar-refractivity contribution in [3.05, 3.63) is 29.8 Å². The maximum atomic E-state index is 12.2. The van der Waals surface area contributed by atoms with E-state index < -0.39 is 0 Å². The number of carbonyl (C=O) groups excluding carboxylic acids is 1. The predicted octanol–water partition coefficient (Wildman–Crippen LogP) is 1.51. The molecule has 1 heterocycles. The monoisotopic (exact) mass is 275 g/mol. The molecule has 4 heteroatoms. The van der Waals surface area contributed by atoms with Gasteiger partial charge in [-0.2, -0.15) is 0 Å². The minimum atomic E-state index is 0.232. The van der Waals surface area contributed by atoms with Gasteiger partial charge in [0.05, 0.1) is 0 Å². The van der Waals surface area contributed by atoms with Crippen LogP contribution in [0.5, 0.6) is 0 Å². The normalized spacial score (nSPS) is 13.8. The largest absolute Gasteiger partial charge is 0.316 e. The maximum absolute atomic E-state index is 12.2. The molecule has 1 aromatic rings. The molecule has 1 N–H and O–H groups in total. The molecule has 110 valence electrons. The summed E-state index contributed by atoms with van der Waals surface area (Å²) >= 11 is 0. The van der Waals surface area contributed by atoms with Gasteiger partial charge < -0.3 is 15.1 Å². The second-order valence-electron chi connectivity index (χ2n) is 5.58. The number of carbonyl (C=O) groups is 1. The minimum absolute atomic E-state index is 0.232.